The van der Waals surface area contributed by atoms with Gasteiger partial charge in [-0.25, -0.2) is 0 Å². The number of anilines is 1. The Bertz CT molecular complexity index is 448. The van der Waals surface area contributed by atoms with Crippen LogP contribution < -0.4 is 5.32 Å². The molecular formula is C13H18N2O3. The highest BCUT2D eigenvalue weighted by Crippen LogP contribution is 2.28. The second kappa shape index (κ2) is 5.35. The third-order valence-corrected chi connectivity index (χ3v) is 3.19. The molecular weight excluding hydrogens is 232 g/mol. The zero-order valence-electron chi connectivity index (χ0n) is 10.7. The van der Waals surface area contributed by atoms with E-state index in [-0.39, 0.29) is 22.8 Å². The molecule has 0 saturated carbocycles. The standard InChI is InChI=1S/C13H18N2O3/c1-9-3-4-12(13(7-9)15(16)17)14-11-5-6-18-10(2)8-11/h3-4,7,10-11,14H,5-6,8H2,1-2H3. The summed E-state index contributed by atoms with van der Waals surface area (Å²) in [4.78, 5) is 10.7. The first-order valence-electron chi connectivity index (χ1n) is 6.19. The number of benzene rings is 1. The molecule has 1 fully saturated rings. The molecule has 0 bridgehead atoms. The van der Waals surface area contributed by atoms with Crippen molar-refractivity contribution in [2.45, 2.75) is 38.8 Å². The molecule has 1 saturated heterocycles. The van der Waals surface area contributed by atoms with Gasteiger partial charge in [-0.05, 0) is 38.3 Å². The highest BCUT2D eigenvalue weighted by Gasteiger charge is 2.22. The number of rotatable bonds is 3. The monoisotopic (exact) mass is 250 g/mol. The minimum Gasteiger partial charge on any atom is -0.378 e. The van der Waals surface area contributed by atoms with Gasteiger partial charge >= 0.3 is 0 Å². The lowest BCUT2D eigenvalue weighted by Crippen LogP contribution is -2.32. The van der Waals surface area contributed by atoms with E-state index in [0.29, 0.717) is 12.3 Å². The first kappa shape index (κ1) is 12.8. The van der Waals surface area contributed by atoms with Crippen LogP contribution in [0.5, 0.6) is 0 Å². The molecule has 0 aromatic heterocycles. The van der Waals surface area contributed by atoms with Crippen molar-refractivity contribution in [2.24, 2.45) is 0 Å². The second-order valence-corrected chi connectivity index (χ2v) is 4.82. The van der Waals surface area contributed by atoms with Gasteiger partial charge in [0.2, 0.25) is 0 Å². The van der Waals surface area contributed by atoms with Crippen LogP contribution in [0, 0.1) is 17.0 Å². The Morgan fingerprint density at radius 1 is 1.50 bits per heavy atom. The molecule has 2 atom stereocenters. The van der Waals surface area contributed by atoms with E-state index in [1.54, 1.807) is 12.1 Å². The van der Waals surface area contributed by atoms with Gasteiger partial charge in [-0.1, -0.05) is 6.07 Å². The molecule has 0 radical (unpaired) electrons. The van der Waals surface area contributed by atoms with Crippen molar-refractivity contribution in [3.05, 3.63) is 33.9 Å². The van der Waals surface area contributed by atoms with Crippen molar-refractivity contribution in [1.29, 1.82) is 0 Å². The molecule has 18 heavy (non-hydrogen) atoms. The van der Waals surface area contributed by atoms with Crippen LogP contribution in [-0.2, 0) is 4.74 Å². The number of hydrogen-bond donors (Lipinski definition) is 1. The van der Waals surface area contributed by atoms with E-state index in [1.165, 1.54) is 0 Å². The van der Waals surface area contributed by atoms with Gasteiger partial charge in [0.25, 0.3) is 5.69 Å². The highest BCUT2D eigenvalue weighted by molar-refractivity contribution is 5.63. The zero-order chi connectivity index (χ0) is 13.1. The number of nitrogens with one attached hydrogen (secondary N) is 1. The van der Waals surface area contributed by atoms with Gasteiger partial charge in [0.1, 0.15) is 5.69 Å². The Morgan fingerprint density at radius 3 is 2.94 bits per heavy atom. The van der Waals surface area contributed by atoms with Gasteiger partial charge in [0.05, 0.1) is 11.0 Å². The molecule has 1 aliphatic rings. The molecule has 1 aromatic rings. The summed E-state index contributed by atoms with van der Waals surface area (Å²) in [6, 6.07) is 5.52. The van der Waals surface area contributed by atoms with Gasteiger partial charge < -0.3 is 10.1 Å². The SMILES string of the molecule is Cc1ccc(NC2CCOC(C)C2)c([N+](=O)[O-])c1. The molecule has 0 aliphatic carbocycles. The van der Waals surface area contributed by atoms with Crippen LogP contribution in [-0.4, -0.2) is 23.7 Å². The Morgan fingerprint density at radius 2 is 2.28 bits per heavy atom. The van der Waals surface area contributed by atoms with Crippen LogP contribution in [0.1, 0.15) is 25.3 Å². The fourth-order valence-corrected chi connectivity index (χ4v) is 2.26. The quantitative estimate of drug-likeness (QED) is 0.661. The summed E-state index contributed by atoms with van der Waals surface area (Å²) in [5.74, 6) is 0. The predicted octanol–water partition coefficient (Wildman–Crippen LogP) is 2.88. The maximum Gasteiger partial charge on any atom is 0.292 e. The lowest BCUT2D eigenvalue weighted by molar-refractivity contribution is -0.384. The smallest absolute Gasteiger partial charge is 0.292 e. The van der Waals surface area contributed by atoms with E-state index < -0.39 is 0 Å². The Labute approximate surface area is 106 Å². The van der Waals surface area contributed by atoms with E-state index in [1.807, 2.05) is 19.9 Å². The fourth-order valence-electron chi connectivity index (χ4n) is 2.26. The summed E-state index contributed by atoms with van der Waals surface area (Å²) in [5, 5.41) is 14.3. The van der Waals surface area contributed by atoms with Gasteiger partial charge in [-0.3, -0.25) is 10.1 Å². The third kappa shape index (κ3) is 2.98. The average molecular weight is 250 g/mol. The number of ether oxygens (including phenoxy) is 1. The molecule has 2 unspecified atom stereocenters. The number of nitro groups is 1. The summed E-state index contributed by atoms with van der Waals surface area (Å²) >= 11 is 0. The molecule has 1 N–H and O–H groups in total. The molecule has 5 nitrogen and oxygen atoms in total. The summed E-state index contributed by atoms with van der Waals surface area (Å²) in [7, 11) is 0. The van der Waals surface area contributed by atoms with Gasteiger partial charge in [-0.2, -0.15) is 0 Å². The Balaban J connectivity index is 2.15. The van der Waals surface area contributed by atoms with E-state index >= 15 is 0 Å². The van der Waals surface area contributed by atoms with E-state index in [2.05, 4.69) is 5.32 Å². The van der Waals surface area contributed by atoms with E-state index in [0.717, 1.165) is 18.4 Å². The second-order valence-electron chi connectivity index (χ2n) is 4.82. The molecule has 0 amide bonds. The van der Waals surface area contributed by atoms with Crippen LogP contribution in [0.3, 0.4) is 0 Å². The number of aryl methyl sites for hydroxylation is 1. The highest BCUT2D eigenvalue weighted by atomic mass is 16.6. The number of hydrogen-bond acceptors (Lipinski definition) is 4. The van der Waals surface area contributed by atoms with E-state index in [9.17, 15) is 10.1 Å². The average Bonchev–Trinajstić information content (AvgIpc) is 2.31. The minimum absolute atomic E-state index is 0.147. The van der Waals surface area contributed by atoms with Gasteiger partial charge in [0, 0.05) is 18.7 Å². The lowest BCUT2D eigenvalue weighted by atomic mass is 10.0. The molecule has 5 heteroatoms. The first-order valence-corrected chi connectivity index (χ1v) is 6.19. The maximum absolute atomic E-state index is 11.0. The van der Waals surface area contributed by atoms with Crippen LogP contribution in [0.15, 0.2) is 18.2 Å². The van der Waals surface area contributed by atoms with Crippen molar-refractivity contribution < 1.29 is 9.66 Å². The van der Waals surface area contributed by atoms with Crippen molar-refractivity contribution in [2.75, 3.05) is 11.9 Å². The predicted molar refractivity (Wildman–Crippen MR) is 69.9 cm³/mol. The molecule has 2 rings (SSSR count). The van der Waals surface area contributed by atoms with Crippen LogP contribution >= 0.6 is 0 Å². The van der Waals surface area contributed by atoms with Crippen LogP contribution in [0.2, 0.25) is 0 Å². The molecule has 1 aromatic carbocycles. The van der Waals surface area contributed by atoms with Gasteiger partial charge in [0.15, 0.2) is 0 Å². The number of nitrogens with zero attached hydrogens (tertiary/aromatic N) is 1. The summed E-state index contributed by atoms with van der Waals surface area (Å²) in [5.41, 5.74) is 1.64. The first-order chi connectivity index (χ1) is 8.56. The number of nitro benzene ring substituents is 1. The van der Waals surface area contributed by atoms with Gasteiger partial charge in [-0.15, -0.1) is 0 Å². The lowest BCUT2D eigenvalue weighted by Gasteiger charge is -2.28. The zero-order valence-corrected chi connectivity index (χ0v) is 10.7. The van der Waals surface area contributed by atoms with Crippen LogP contribution in [0.4, 0.5) is 11.4 Å². The molecule has 98 valence electrons. The van der Waals surface area contributed by atoms with Crippen molar-refractivity contribution in [3.8, 4) is 0 Å². The molecule has 1 aliphatic heterocycles. The minimum atomic E-state index is -0.335. The summed E-state index contributed by atoms with van der Waals surface area (Å²) < 4.78 is 5.47. The maximum atomic E-state index is 11.0. The van der Waals surface area contributed by atoms with Crippen LogP contribution in [0.25, 0.3) is 0 Å². The van der Waals surface area contributed by atoms with Crippen molar-refractivity contribution >= 4 is 11.4 Å². The van der Waals surface area contributed by atoms with Crippen molar-refractivity contribution in [1.82, 2.24) is 0 Å². The largest absolute Gasteiger partial charge is 0.378 e. The van der Waals surface area contributed by atoms with Crippen molar-refractivity contribution in [3.63, 3.8) is 0 Å². The molecule has 0 spiro atoms. The molecule has 1 heterocycles. The Hall–Kier alpha value is -1.62. The normalized spacial score (nSPS) is 23.7. The summed E-state index contributed by atoms with van der Waals surface area (Å²) in [6.07, 6.45) is 1.97. The topological polar surface area (TPSA) is 64.4 Å². The van der Waals surface area contributed by atoms with E-state index in [4.69, 9.17) is 4.74 Å². The third-order valence-electron chi connectivity index (χ3n) is 3.19. The Kier molecular flexibility index (Phi) is 3.81. The summed E-state index contributed by atoms with van der Waals surface area (Å²) in [6.45, 7) is 4.59. The fraction of sp³-hybridized carbons (Fsp3) is 0.538.